The van der Waals surface area contributed by atoms with E-state index in [-0.39, 0.29) is 5.95 Å². The minimum atomic E-state index is -0.862. The van der Waals surface area contributed by atoms with Gasteiger partial charge in [-0.25, -0.2) is 4.98 Å². The average molecular weight is 344 g/mol. The fourth-order valence-electron chi connectivity index (χ4n) is 2.23. The maximum Gasteiger partial charge on any atom is 0.264 e. The standard InChI is InChI=1S/C17H20N4O4/c1-5-14(23-3)25-13-8-10(7-12(22-2)15(13)24-4)6-11-9-20-17(19)21-16(11)18/h1,7-9,14H,6H2,2-4H3,(H4,18,19,20,21). The molecule has 8 nitrogen and oxygen atoms in total. The molecule has 0 bridgehead atoms. The number of aromatic nitrogens is 2. The van der Waals surface area contributed by atoms with Crippen molar-refractivity contribution in [3.8, 4) is 29.6 Å². The topological polar surface area (TPSA) is 115 Å². The summed E-state index contributed by atoms with van der Waals surface area (Å²) < 4.78 is 21.5. The lowest BCUT2D eigenvalue weighted by molar-refractivity contribution is -0.00969. The summed E-state index contributed by atoms with van der Waals surface area (Å²) in [5.74, 6) is 4.08. The highest BCUT2D eigenvalue weighted by Crippen LogP contribution is 2.39. The van der Waals surface area contributed by atoms with Crippen LogP contribution >= 0.6 is 0 Å². The Bertz CT molecular complexity index is 789. The molecular formula is C17H20N4O4. The Kier molecular flexibility index (Phi) is 5.87. The summed E-state index contributed by atoms with van der Waals surface area (Å²) in [6, 6.07) is 3.57. The Labute approximate surface area is 146 Å². The van der Waals surface area contributed by atoms with Crippen LogP contribution in [-0.4, -0.2) is 37.6 Å². The smallest absolute Gasteiger partial charge is 0.264 e. The van der Waals surface area contributed by atoms with E-state index in [9.17, 15) is 0 Å². The lowest BCUT2D eigenvalue weighted by atomic mass is 10.1. The summed E-state index contributed by atoms with van der Waals surface area (Å²) in [7, 11) is 4.49. The quantitative estimate of drug-likeness (QED) is 0.569. The van der Waals surface area contributed by atoms with Crippen LogP contribution in [0.15, 0.2) is 18.3 Å². The first-order chi connectivity index (χ1) is 12.0. The Morgan fingerprint density at radius 2 is 1.88 bits per heavy atom. The zero-order valence-electron chi connectivity index (χ0n) is 14.3. The molecule has 1 atom stereocenters. The fourth-order valence-corrected chi connectivity index (χ4v) is 2.23. The van der Waals surface area contributed by atoms with E-state index >= 15 is 0 Å². The Balaban J connectivity index is 2.42. The summed E-state index contributed by atoms with van der Waals surface area (Å²) in [5.41, 5.74) is 13.0. The van der Waals surface area contributed by atoms with Crippen molar-refractivity contribution in [2.24, 2.45) is 0 Å². The molecule has 0 saturated carbocycles. The average Bonchev–Trinajstić information content (AvgIpc) is 2.61. The van der Waals surface area contributed by atoms with E-state index in [4.69, 9.17) is 36.8 Å². The number of nitrogens with zero attached hydrogens (tertiary/aromatic N) is 2. The Morgan fingerprint density at radius 1 is 1.16 bits per heavy atom. The SMILES string of the molecule is C#CC(OC)Oc1cc(Cc2cnc(N)nc2N)cc(OC)c1OC. The molecule has 1 aromatic heterocycles. The number of hydrogen-bond acceptors (Lipinski definition) is 8. The molecule has 0 aliphatic heterocycles. The highest BCUT2D eigenvalue weighted by Gasteiger charge is 2.18. The third kappa shape index (κ3) is 4.22. The first-order valence-corrected chi connectivity index (χ1v) is 7.29. The van der Waals surface area contributed by atoms with Gasteiger partial charge in [0.05, 0.1) is 14.2 Å². The second-order valence-corrected chi connectivity index (χ2v) is 5.00. The van der Waals surface area contributed by atoms with E-state index in [1.165, 1.54) is 21.3 Å². The number of rotatable bonds is 7. The molecule has 2 rings (SSSR count). The van der Waals surface area contributed by atoms with Crippen LogP contribution in [0.1, 0.15) is 11.1 Å². The molecule has 2 aromatic rings. The predicted octanol–water partition coefficient (Wildman–Crippen LogP) is 1.23. The summed E-state index contributed by atoms with van der Waals surface area (Å²) in [4.78, 5) is 7.92. The van der Waals surface area contributed by atoms with E-state index < -0.39 is 6.29 Å². The minimum Gasteiger partial charge on any atom is -0.493 e. The zero-order valence-corrected chi connectivity index (χ0v) is 14.3. The van der Waals surface area contributed by atoms with Crippen molar-refractivity contribution in [1.29, 1.82) is 0 Å². The lowest BCUT2D eigenvalue weighted by Crippen LogP contribution is -2.16. The van der Waals surface area contributed by atoms with Crippen LogP contribution in [0.3, 0.4) is 0 Å². The molecule has 0 saturated heterocycles. The van der Waals surface area contributed by atoms with E-state index in [0.717, 1.165) is 5.56 Å². The van der Waals surface area contributed by atoms with Crippen molar-refractivity contribution in [2.75, 3.05) is 32.8 Å². The first-order valence-electron chi connectivity index (χ1n) is 7.29. The molecule has 1 unspecified atom stereocenters. The van der Waals surface area contributed by atoms with Gasteiger partial charge in [0.25, 0.3) is 6.29 Å². The number of hydrogen-bond donors (Lipinski definition) is 2. The maximum absolute atomic E-state index is 5.89. The van der Waals surface area contributed by atoms with Crippen LogP contribution in [0.5, 0.6) is 17.2 Å². The van der Waals surface area contributed by atoms with E-state index in [1.54, 1.807) is 18.3 Å². The maximum atomic E-state index is 5.89. The molecule has 0 spiro atoms. The van der Waals surface area contributed by atoms with Crippen LogP contribution in [-0.2, 0) is 11.2 Å². The van der Waals surface area contributed by atoms with Crippen molar-refractivity contribution in [3.05, 3.63) is 29.5 Å². The molecule has 0 aliphatic carbocycles. The first kappa shape index (κ1) is 18.2. The number of methoxy groups -OCH3 is 3. The van der Waals surface area contributed by atoms with Crippen LogP contribution in [0.4, 0.5) is 11.8 Å². The fraction of sp³-hybridized carbons (Fsp3) is 0.294. The van der Waals surface area contributed by atoms with Gasteiger partial charge in [0.15, 0.2) is 11.5 Å². The van der Waals surface area contributed by atoms with Crippen LogP contribution in [0.25, 0.3) is 0 Å². The summed E-state index contributed by atoms with van der Waals surface area (Å²) in [6.07, 6.45) is 6.53. The second-order valence-electron chi connectivity index (χ2n) is 5.00. The van der Waals surface area contributed by atoms with Crippen molar-refractivity contribution in [2.45, 2.75) is 12.7 Å². The van der Waals surface area contributed by atoms with Crippen LogP contribution in [0.2, 0.25) is 0 Å². The van der Waals surface area contributed by atoms with E-state index in [2.05, 4.69) is 15.9 Å². The van der Waals surface area contributed by atoms with Gasteiger partial charge >= 0.3 is 0 Å². The molecular weight excluding hydrogens is 324 g/mol. The largest absolute Gasteiger partial charge is 0.493 e. The molecule has 4 N–H and O–H groups in total. The highest BCUT2D eigenvalue weighted by molar-refractivity contribution is 5.55. The van der Waals surface area contributed by atoms with Crippen molar-refractivity contribution in [3.63, 3.8) is 0 Å². The Hall–Kier alpha value is -3.18. The van der Waals surface area contributed by atoms with Gasteiger partial charge in [0.2, 0.25) is 11.7 Å². The molecule has 0 amide bonds. The Morgan fingerprint density at radius 3 is 2.44 bits per heavy atom. The minimum absolute atomic E-state index is 0.120. The van der Waals surface area contributed by atoms with Gasteiger partial charge in [0.1, 0.15) is 5.82 Å². The van der Waals surface area contributed by atoms with Gasteiger partial charge in [-0.15, -0.1) is 6.42 Å². The normalized spacial score (nSPS) is 11.4. The third-order valence-electron chi connectivity index (χ3n) is 3.40. The summed E-state index contributed by atoms with van der Waals surface area (Å²) in [5, 5.41) is 0. The number of terminal acetylenes is 1. The number of nitrogen functional groups attached to an aromatic ring is 2. The van der Waals surface area contributed by atoms with Gasteiger partial charge in [-0.2, -0.15) is 4.98 Å². The molecule has 132 valence electrons. The number of benzene rings is 1. The monoisotopic (exact) mass is 344 g/mol. The number of anilines is 2. The predicted molar refractivity (Wildman–Crippen MR) is 93.5 cm³/mol. The number of ether oxygens (including phenoxy) is 4. The lowest BCUT2D eigenvalue weighted by Gasteiger charge is -2.18. The molecule has 25 heavy (non-hydrogen) atoms. The van der Waals surface area contributed by atoms with Crippen LogP contribution in [0, 0.1) is 12.3 Å². The van der Waals surface area contributed by atoms with Crippen molar-refractivity contribution < 1.29 is 18.9 Å². The summed E-state index contributed by atoms with van der Waals surface area (Å²) in [6.45, 7) is 0. The highest BCUT2D eigenvalue weighted by atomic mass is 16.7. The van der Waals surface area contributed by atoms with Gasteiger partial charge in [-0.3, -0.25) is 0 Å². The van der Waals surface area contributed by atoms with Gasteiger partial charge in [-0.05, 0) is 23.6 Å². The van der Waals surface area contributed by atoms with Crippen LogP contribution < -0.4 is 25.7 Å². The van der Waals surface area contributed by atoms with Crippen molar-refractivity contribution >= 4 is 11.8 Å². The number of nitrogens with two attached hydrogens (primary N) is 2. The third-order valence-corrected chi connectivity index (χ3v) is 3.40. The molecule has 0 radical (unpaired) electrons. The van der Waals surface area contributed by atoms with Gasteiger partial charge < -0.3 is 30.4 Å². The second kappa shape index (κ2) is 8.08. The van der Waals surface area contributed by atoms with E-state index in [0.29, 0.717) is 35.1 Å². The van der Waals surface area contributed by atoms with E-state index in [1.807, 2.05) is 0 Å². The van der Waals surface area contributed by atoms with Gasteiger partial charge in [0, 0.05) is 25.3 Å². The van der Waals surface area contributed by atoms with Gasteiger partial charge in [-0.1, -0.05) is 0 Å². The van der Waals surface area contributed by atoms with Crippen molar-refractivity contribution in [1.82, 2.24) is 9.97 Å². The molecule has 1 aromatic carbocycles. The molecule has 0 aliphatic rings. The zero-order chi connectivity index (χ0) is 18.4. The molecule has 1 heterocycles. The molecule has 8 heteroatoms. The summed E-state index contributed by atoms with van der Waals surface area (Å²) >= 11 is 0. The molecule has 0 fully saturated rings.